The summed E-state index contributed by atoms with van der Waals surface area (Å²) in [6.45, 7) is 5.73. The van der Waals surface area contributed by atoms with Crippen LogP contribution in [-0.4, -0.2) is 45.8 Å². The number of urea groups is 1. The zero-order valence-corrected chi connectivity index (χ0v) is 16.0. The van der Waals surface area contributed by atoms with Crippen molar-refractivity contribution in [3.8, 4) is 5.69 Å². The zero-order valence-electron chi connectivity index (χ0n) is 15.2. The third-order valence-corrected chi connectivity index (χ3v) is 5.39. The number of aromatic nitrogens is 2. The molecule has 0 bridgehead atoms. The molecule has 25 heavy (non-hydrogen) atoms. The molecular weight excluding hydrogens is 332 g/mol. The summed E-state index contributed by atoms with van der Waals surface area (Å²) in [6, 6.07) is 9.91. The smallest absolute Gasteiger partial charge is 0.321 e. The van der Waals surface area contributed by atoms with Gasteiger partial charge in [0.25, 0.3) is 0 Å². The Morgan fingerprint density at radius 3 is 2.72 bits per heavy atom. The molecule has 1 aromatic heterocycles. The molecule has 5 nitrogen and oxygen atoms in total. The average molecular weight is 359 g/mol. The fraction of sp³-hybridized carbons (Fsp3) is 0.474. The first-order valence-corrected chi connectivity index (χ1v) is 10.1. The summed E-state index contributed by atoms with van der Waals surface area (Å²) in [6.07, 6.45) is 4.45. The van der Waals surface area contributed by atoms with Crippen LogP contribution in [-0.2, 0) is 0 Å². The van der Waals surface area contributed by atoms with Crippen LogP contribution in [0.15, 0.2) is 30.3 Å². The molecule has 0 saturated carbocycles. The highest BCUT2D eigenvalue weighted by atomic mass is 32.2. The van der Waals surface area contributed by atoms with E-state index in [1.54, 1.807) is 0 Å². The Morgan fingerprint density at radius 2 is 2.08 bits per heavy atom. The number of anilines is 1. The third-order valence-electron chi connectivity index (χ3n) is 4.58. The summed E-state index contributed by atoms with van der Waals surface area (Å²) in [4.78, 5) is 14.5. The lowest BCUT2D eigenvalue weighted by Gasteiger charge is -2.32. The van der Waals surface area contributed by atoms with E-state index in [1.165, 1.54) is 6.42 Å². The molecule has 2 heterocycles. The molecule has 1 N–H and O–H groups in total. The van der Waals surface area contributed by atoms with Crippen LogP contribution in [0, 0.1) is 19.8 Å². The van der Waals surface area contributed by atoms with Crippen LogP contribution in [0.5, 0.6) is 0 Å². The van der Waals surface area contributed by atoms with E-state index in [9.17, 15) is 4.79 Å². The predicted molar refractivity (Wildman–Crippen MR) is 105 cm³/mol. The van der Waals surface area contributed by atoms with Gasteiger partial charge >= 0.3 is 6.03 Å². The molecule has 1 aromatic carbocycles. The molecule has 1 aliphatic heterocycles. The Kier molecular flexibility index (Phi) is 5.68. The van der Waals surface area contributed by atoms with Gasteiger partial charge in [0.15, 0.2) is 0 Å². The maximum Gasteiger partial charge on any atom is 0.321 e. The topological polar surface area (TPSA) is 50.2 Å². The normalized spacial score (nSPS) is 17.6. The first kappa shape index (κ1) is 17.9. The van der Waals surface area contributed by atoms with Gasteiger partial charge in [-0.2, -0.15) is 16.9 Å². The summed E-state index contributed by atoms with van der Waals surface area (Å²) in [5.41, 5.74) is 3.92. The van der Waals surface area contributed by atoms with E-state index in [1.807, 2.05) is 59.5 Å². The monoisotopic (exact) mass is 358 g/mol. The third kappa shape index (κ3) is 4.37. The Hall–Kier alpha value is -1.95. The molecule has 0 radical (unpaired) electrons. The zero-order chi connectivity index (χ0) is 17.8. The number of piperidine rings is 1. The lowest BCUT2D eigenvalue weighted by Crippen LogP contribution is -2.42. The number of nitrogens with one attached hydrogen (secondary N) is 1. The molecular formula is C19H26N4OS. The second kappa shape index (κ2) is 7.95. The van der Waals surface area contributed by atoms with E-state index in [2.05, 4.69) is 22.7 Å². The van der Waals surface area contributed by atoms with Crippen molar-refractivity contribution in [2.45, 2.75) is 26.7 Å². The van der Waals surface area contributed by atoms with Crippen molar-refractivity contribution < 1.29 is 4.79 Å². The molecule has 0 unspecified atom stereocenters. The van der Waals surface area contributed by atoms with Crippen LogP contribution in [0.2, 0.25) is 0 Å². The largest absolute Gasteiger partial charge is 0.324 e. The van der Waals surface area contributed by atoms with Crippen molar-refractivity contribution in [2.24, 2.45) is 5.92 Å². The Balaban J connectivity index is 1.63. The van der Waals surface area contributed by atoms with Gasteiger partial charge in [0.1, 0.15) is 0 Å². The van der Waals surface area contributed by atoms with Crippen LogP contribution < -0.4 is 5.32 Å². The van der Waals surface area contributed by atoms with Crippen molar-refractivity contribution in [1.29, 1.82) is 0 Å². The number of carbonyl (C=O) groups is 1. The average Bonchev–Trinajstić information content (AvgIpc) is 2.94. The van der Waals surface area contributed by atoms with Gasteiger partial charge in [-0.1, -0.05) is 0 Å². The molecule has 3 rings (SSSR count). The summed E-state index contributed by atoms with van der Waals surface area (Å²) in [7, 11) is 0. The van der Waals surface area contributed by atoms with E-state index in [4.69, 9.17) is 0 Å². The number of benzene rings is 1. The first-order valence-electron chi connectivity index (χ1n) is 8.75. The molecule has 134 valence electrons. The number of hydrogen-bond donors (Lipinski definition) is 1. The van der Waals surface area contributed by atoms with E-state index < -0.39 is 0 Å². The number of nitrogens with zero attached hydrogens (tertiary/aromatic N) is 3. The van der Waals surface area contributed by atoms with Crippen molar-refractivity contribution in [2.75, 3.05) is 30.4 Å². The van der Waals surface area contributed by atoms with E-state index in [-0.39, 0.29) is 6.03 Å². The van der Waals surface area contributed by atoms with E-state index in [0.717, 1.165) is 48.0 Å². The van der Waals surface area contributed by atoms with Gasteiger partial charge in [-0.15, -0.1) is 0 Å². The van der Waals surface area contributed by atoms with Crippen molar-refractivity contribution >= 4 is 23.5 Å². The maximum atomic E-state index is 12.5. The Labute approximate surface area is 153 Å². The van der Waals surface area contributed by atoms with Crippen LogP contribution in [0.3, 0.4) is 0 Å². The van der Waals surface area contributed by atoms with Crippen LogP contribution in [0.25, 0.3) is 5.69 Å². The molecule has 1 atom stereocenters. The lowest BCUT2D eigenvalue weighted by molar-refractivity contribution is 0.183. The lowest BCUT2D eigenvalue weighted by atomic mass is 10.0. The molecule has 2 aromatic rings. The van der Waals surface area contributed by atoms with Gasteiger partial charge < -0.3 is 10.2 Å². The summed E-state index contributed by atoms with van der Waals surface area (Å²) in [5.74, 6) is 1.74. The molecule has 1 aliphatic rings. The Morgan fingerprint density at radius 1 is 1.32 bits per heavy atom. The van der Waals surface area contributed by atoms with Gasteiger partial charge in [-0.3, -0.25) is 0 Å². The van der Waals surface area contributed by atoms with E-state index >= 15 is 0 Å². The van der Waals surface area contributed by atoms with Gasteiger partial charge in [0.05, 0.1) is 11.4 Å². The highest BCUT2D eigenvalue weighted by molar-refractivity contribution is 7.98. The molecule has 0 spiro atoms. The second-order valence-corrected chi connectivity index (χ2v) is 7.64. The maximum absolute atomic E-state index is 12.5. The van der Waals surface area contributed by atoms with Gasteiger partial charge in [-0.25, -0.2) is 9.48 Å². The SMILES string of the molecule is CSC[C@@H]1CCCN(C(=O)Nc2ccc(-n3nc(C)cc3C)cc2)C1. The summed E-state index contributed by atoms with van der Waals surface area (Å²) < 4.78 is 1.92. The van der Waals surface area contributed by atoms with Gasteiger partial charge in [0.2, 0.25) is 0 Å². The van der Waals surface area contributed by atoms with Crippen molar-refractivity contribution in [3.05, 3.63) is 41.7 Å². The summed E-state index contributed by atoms with van der Waals surface area (Å²) >= 11 is 1.86. The number of thioether (sulfide) groups is 1. The fourth-order valence-corrected chi connectivity index (χ4v) is 4.14. The highest BCUT2D eigenvalue weighted by Crippen LogP contribution is 2.21. The predicted octanol–water partition coefficient (Wildman–Crippen LogP) is 4.10. The number of rotatable bonds is 4. The molecule has 0 aliphatic carbocycles. The number of aryl methyl sites for hydroxylation is 2. The van der Waals surface area contributed by atoms with Crippen LogP contribution >= 0.6 is 11.8 Å². The number of amides is 2. The molecule has 1 fully saturated rings. The molecule has 1 saturated heterocycles. The standard InChI is InChI=1S/C19H26N4OS/c1-14-11-15(2)23(21-14)18-8-6-17(7-9-18)20-19(24)22-10-4-5-16(12-22)13-25-3/h6-9,11,16H,4-5,10,12-13H2,1-3H3,(H,20,24)/t16-/m1/s1. The van der Waals surface area contributed by atoms with E-state index in [0.29, 0.717) is 5.92 Å². The van der Waals surface area contributed by atoms with Gasteiger partial charge in [0, 0.05) is 24.5 Å². The second-order valence-electron chi connectivity index (χ2n) is 6.73. The fourth-order valence-electron chi connectivity index (χ4n) is 3.40. The minimum Gasteiger partial charge on any atom is -0.324 e. The molecule has 2 amide bonds. The minimum absolute atomic E-state index is 0.00432. The number of hydrogen-bond acceptors (Lipinski definition) is 3. The van der Waals surface area contributed by atoms with Crippen LogP contribution in [0.1, 0.15) is 24.2 Å². The Bertz CT molecular complexity index is 724. The van der Waals surface area contributed by atoms with Crippen molar-refractivity contribution in [1.82, 2.24) is 14.7 Å². The van der Waals surface area contributed by atoms with Crippen LogP contribution in [0.4, 0.5) is 10.5 Å². The number of likely N-dealkylation sites (tertiary alicyclic amines) is 1. The highest BCUT2D eigenvalue weighted by Gasteiger charge is 2.23. The quantitative estimate of drug-likeness (QED) is 0.895. The van der Waals surface area contributed by atoms with Gasteiger partial charge in [-0.05, 0) is 74.9 Å². The minimum atomic E-state index is 0.00432. The summed E-state index contributed by atoms with van der Waals surface area (Å²) in [5, 5.41) is 7.51. The first-order chi connectivity index (χ1) is 12.1. The molecule has 6 heteroatoms. The van der Waals surface area contributed by atoms with Crippen molar-refractivity contribution in [3.63, 3.8) is 0 Å². The number of carbonyl (C=O) groups excluding carboxylic acids is 1.